The highest BCUT2D eigenvalue weighted by atomic mass is 16.5. The molecular formula is C22H28N2O4. The lowest BCUT2D eigenvalue weighted by Gasteiger charge is -2.14. The maximum atomic E-state index is 12.9. The van der Waals surface area contributed by atoms with Crippen LogP contribution in [0.15, 0.2) is 12.1 Å². The summed E-state index contributed by atoms with van der Waals surface area (Å²) < 4.78 is 17.8. The fourth-order valence-electron chi connectivity index (χ4n) is 4.94. The Hall–Kier alpha value is -2.50. The van der Waals surface area contributed by atoms with Crippen LogP contribution in [0.4, 0.5) is 0 Å². The molecule has 6 heteroatoms. The number of carbonyl (C=O) groups excluding carboxylic acids is 1. The second kappa shape index (κ2) is 6.54. The van der Waals surface area contributed by atoms with Gasteiger partial charge in [-0.25, -0.2) is 4.68 Å². The van der Waals surface area contributed by atoms with Crippen molar-refractivity contribution < 1.29 is 19.0 Å². The van der Waals surface area contributed by atoms with Crippen LogP contribution in [0, 0.1) is 18.3 Å². The third-order valence-electron chi connectivity index (χ3n) is 6.57. The zero-order chi connectivity index (χ0) is 20.2. The lowest BCUT2D eigenvalue weighted by Crippen LogP contribution is -2.17. The Balaban J connectivity index is 1.52. The molecule has 0 bridgehead atoms. The number of aromatic nitrogens is 2. The van der Waals surface area contributed by atoms with Crippen molar-refractivity contribution in [1.82, 2.24) is 9.78 Å². The zero-order valence-electron chi connectivity index (χ0n) is 17.5. The summed E-state index contributed by atoms with van der Waals surface area (Å²) in [6.45, 7) is 6.65. The molecule has 0 saturated heterocycles. The van der Waals surface area contributed by atoms with Crippen molar-refractivity contribution in [3.63, 3.8) is 0 Å². The summed E-state index contributed by atoms with van der Waals surface area (Å²) in [5, 5.41) is 4.58. The highest BCUT2D eigenvalue weighted by molar-refractivity contribution is 5.80. The van der Waals surface area contributed by atoms with Gasteiger partial charge in [-0.3, -0.25) is 4.79 Å². The molecule has 2 aromatic rings. The van der Waals surface area contributed by atoms with Gasteiger partial charge in [0.15, 0.2) is 11.5 Å². The van der Waals surface area contributed by atoms with Gasteiger partial charge in [0.25, 0.3) is 0 Å². The molecule has 2 atom stereocenters. The summed E-state index contributed by atoms with van der Waals surface area (Å²) in [5.41, 5.74) is 4.77. The molecule has 1 saturated carbocycles. The van der Waals surface area contributed by atoms with E-state index in [9.17, 15) is 4.79 Å². The minimum Gasteiger partial charge on any atom is -0.493 e. The molecule has 1 aromatic carbocycles. The first-order valence-corrected chi connectivity index (χ1v) is 9.74. The van der Waals surface area contributed by atoms with Gasteiger partial charge in [0.2, 0.25) is 11.7 Å². The predicted octanol–water partition coefficient (Wildman–Crippen LogP) is 3.79. The average molecular weight is 384 g/mol. The van der Waals surface area contributed by atoms with Gasteiger partial charge in [-0.05, 0) is 54.7 Å². The first-order valence-electron chi connectivity index (χ1n) is 9.74. The molecule has 0 N–H and O–H groups in total. The van der Waals surface area contributed by atoms with E-state index in [0.717, 1.165) is 23.4 Å². The van der Waals surface area contributed by atoms with Gasteiger partial charge in [0.1, 0.15) is 0 Å². The molecule has 0 aliphatic heterocycles. The van der Waals surface area contributed by atoms with E-state index in [1.807, 2.05) is 19.1 Å². The van der Waals surface area contributed by atoms with Crippen molar-refractivity contribution in [3.05, 3.63) is 34.6 Å². The number of hydrogen-bond donors (Lipinski definition) is 0. The first kappa shape index (κ1) is 18.8. The predicted molar refractivity (Wildman–Crippen MR) is 106 cm³/mol. The van der Waals surface area contributed by atoms with Crippen LogP contribution in [0.2, 0.25) is 0 Å². The van der Waals surface area contributed by atoms with Crippen molar-refractivity contribution in [1.29, 1.82) is 0 Å². The minimum absolute atomic E-state index is 0.0391. The molecule has 1 aromatic heterocycles. The number of ether oxygens (including phenoxy) is 3. The Bertz CT molecular complexity index is 919. The standard InChI is InChI=1S/C22H28N2O4/c1-12-19-15(11-14-20(19)22(14,2)3)24(23-12)18(25)8-7-13-9-16(26-4)21(28-6)17(10-13)27-5/h9-10,14,20H,7-8,11H2,1-6H3. The monoisotopic (exact) mass is 384 g/mol. The Labute approximate surface area is 165 Å². The normalized spacial score (nSPS) is 21.1. The van der Waals surface area contributed by atoms with Gasteiger partial charge in [-0.2, -0.15) is 5.10 Å². The molecule has 0 radical (unpaired) electrons. The van der Waals surface area contributed by atoms with Gasteiger partial charge in [0.05, 0.1) is 32.7 Å². The number of benzene rings is 1. The van der Waals surface area contributed by atoms with Crippen LogP contribution >= 0.6 is 0 Å². The smallest absolute Gasteiger partial charge is 0.247 e. The summed E-state index contributed by atoms with van der Waals surface area (Å²) >= 11 is 0. The van der Waals surface area contributed by atoms with Crippen LogP contribution in [0.3, 0.4) is 0 Å². The third kappa shape index (κ3) is 2.69. The summed E-state index contributed by atoms with van der Waals surface area (Å²) in [6.07, 6.45) is 1.93. The molecule has 4 rings (SSSR count). The van der Waals surface area contributed by atoms with E-state index in [-0.39, 0.29) is 5.91 Å². The number of aryl methyl sites for hydroxylation is 2. The molecule has 6 nitrogen and oxygen atoms in total. The SMILES string of the molecule is COc1cc(CCC(=O)n2nc(C)c3c2CC2C3C2(C)C)cc(OC)c1OC. The minimum atomic E-state index is 0.0391. The molecule has 0 amide bonds. The van der Waals surface area contributed by atoms with Crippen LogP contribution in [-0.4, -0.2) is 37.0 Å². The van der Waals surface area contributed by atoms with Crippen LogP contribution < -0.4 is 14.2 Å². The summed E-state index contributed by atoms with van der Waals surface area (Å²) in [7, 11) is 4.76. The van der Waals surface area contributed by atoms with E-state index in [0.29, 0.717) is 47.3 Å². The van der Waals surface area contributed by atoms with Crippen molar-refractivity contribution in [2.45, 2.75) is 46.0 Å². The Kier molecular flexibility index (Phi) is 4.40. The Morgan fingerprint density at radius 2 is 1.82 bits per heavy atom. The zero-order valence-corrected chi connectivity index (χ0v) is 17.5. The highest BCUT2D eigenvalue weighted by Gasteiger charge is 2.64. The first-order chi connectivity index (χ1) is 13.3. The number of fused-ring (bicyclic) bond motifs is 3. The molecule has 2 aliphatic carbocycles. The van der Waals surface area contributed by atoms with Crippen molar-refractivity contribution in [2.24, 2.45) is 11.3 Å². The summed E-state index contributed by atoms with van der Waals surface area (Å²) in [6, 6.07) is 3.79. The number of methoxy groups -OCH3 is 3. The van der Waals surface area contributed by atoms with E-state index in [4.69, 9.17) is 14.2 Å². The fourth-order valence-corrected chi connectivity index (χ4v) is 4.94. The van der Waals surface area contributed by atoms with Crippen LogP contribution in [0.25, 0.3) is 0 Å². The summed E-state index contributed by atoms with van der Waals surface area (Å²) in [5.74, 6) is 3.03. The lowest BCUT2D eigenvalue weighted by molar-refractivity contribution is 0.0882. The largest absolute Gasteiger partial charge is 0.493 e. The van der Waals surface area contributed by atoms with E-state index in [1.54, 1.807) is 26.0 Å². The summed E-state index contributed by atoms with van der Waals surface area (Å²) in [4.78, 5) is 12.9. The number of nitrogens with zero attached hydrogens (tertiary/aromatic N) is 2. The van der Waals surface area contributed by atoms with E-state index in [2.05, 4.69) is 18.9 Å². The Morgan fingerprint density at radius 1 is 1.18 bits per heavy atom. The van der Waals surface area contributed by atoms with E-state index >= 15 is 0 Å². The van der Waals surface area contributed by atoms with E-state index < -0.39 is 0 Å². The van der Waals surface area contributed by atoms with Crippen LogP contribution in [0.1, 0.15) is 53.5 Å². The van der Waals surface area contributed by atoms with Gasteiger partial charge in [-0.15, -0.1) is 0 Å². The van der Waals surface area contributed by atoms with Crippen LogP contribution in [0.5, 0.6) is 17.2 Å². The maximum Gasteiger partial charge on any atom is 0.247 e. The Morgan fingerprint density at radius 3 is 2.39 bits per heavy atom. The van der Waals surface area contributed by atoms with Gasteiger partial charge in [0, 0.05) is 12.0 Å². The molecule has 2 aliphatic rings. The number of rotatable bonds is 6. The van der Waals surface area contributed by atoms with Gasteiger partial charge in [-0.1, -0.05) is 13.8 Å². The number of hydrogen-bond acceptors (Lipinski definition) is 5. The molecule has 28 heavy (non-hydrogen) atoms. The van der Waals surface area contributed by atoms with Crippen molar-refractivity contribution in [3.8, 4) is 17.2 Å². The van der Waals surface area contributed by atoms with Crippen molar-refractivity contribution in [2.75, 3.05) is 21.3 Å². The van der Waals surface area contributed by atoms with Crippen molar-refractivity contribution >= 4 is 5.91 Å². The quantitative estimate of drug-likeness (QED) is 0.758. The topological polar surface area (TPSA) is 62.6 Å². The molecule has 1 heterocycles. The molecule has 150 valence electrons. The maximum absolute atomic E-state index is 12.9. The third-order valence-corrected chi connectivity index (χ3v) is 6.57. The second-order valence-corrected chi connectivity index (χ2v) is 8.39. The molecule has 1 fully saturated rings. The van der Waals surface area contributed by atoms with Crippen LogP contribution in [-0.2, 0) is 12.8 Å². The average Bonchev–Trinajstić information content (AvgIpc) is 3.02. The lowest BCUT2D eigenvalue weighted by atomic mass is 9.98. The highest BCUT2D eigenvalue weighted by Crippen LogP contribution is 2.70. The fraction of sp³-hybridized carbons (Fsp3) is 0.545. The number of carbonyl (C=O) groups is 1. The molecule has 2 unspecified atom stereocenters. The van der Waals surface area contributed by atoms with Gasteiger partial charge < -0.3 is 14.2 Å². The second-order valence-electron chi connectivity index (χ2n) is 8.39. The van der Waals surface area contributed by atoms with Gasteiger partial charge >= 0.3 is 0 Å². The molecular weight excluding hydrogens is 356 g/mol. The van der Waals surface area contributed by atoms with E-state index in [1.165, 1.54) is 5.56 Å². The molecule has 0 spiro atoms.